The highest BCUT2D eigenvalue weighted by Crippen LogP contribution is 2.24. The third-order valence-electron chi connectivity index (χ3n) is 6.77. The number of furan rings is 1. The van der Waals surface area contributed by atoms with E-state index in [-0.39, 0.29) is 11.8 Å². The van der Waals surface area contributed by atoms with Gasteiger partial charge in [0, 0.05) is 12.0 Å². The molecule has 0 aliphatic carbocycles. The molecule has 162 valence electrons. The van der Waals surface area contributed by atoms with Crippen molar-refractivity contribution in [2.45, 2.75) is 51.1 Å². The summed E-state index contributed by atoms with van der Waals surface area (Å²) in [5.41, 5.74) is 1.45. The Bertz CT molecular complexity index is 746. The Hall–Kier alpha value is -2.11. The van der Waals surface area contributed by atoms with Crippen LogP contribution in [0.25, 0.3) is 0 Å². The molecule has 5 heteroatoms. The second-order valence-corrected chi connectivity index (χ2v) is 8.77. The van der Waals surface area contributed by atoms with Crippen LogP contribution >= 0.6 is 0 Å². The van der Waals surface area contributed by atoms with E-state index in [2.05, 4.69) is 45.4 Å². The predicted octanol–water partition coefficient (Wildman–Crippen LogP) is 3.71. The van der Waals surface area contributed by atoms with Gasteiger partial charge in [0.15, 0.2) is 0 Å². The number of amides is 1. The molecule has 5 nitrogen and oxygen atoms in total. The molecule has 0 saturated carbocycles. The molecule has 2 aromatic rings. The van der Waals surface area contributed by atoms with Gasteiger partial charge in [-0.1, -0.05) is 30.3 Å². The van der Waals surface area contributed by atoms with Crippen molar-refractivity contribution >= 4 is 5.91 Å². The van der Waals surface area contributed by atoms with Crippen molar-refractivity contribution in [3.8, 4) is 0 Å². The molecule has 1 N–H and O–H groups in total. The Kier molecular flexibility index (Phi) is 7.59. The van der Waals surface area contributed by atoms with Gasteiger partial charge in [-0.3, -0.25) is 4.79 Å². The first-order valence-electron chi connectivity index (χ1n) is 11.6. The quantitative estimate of drug-likeness (QED) is 0.722. The number of nitrogens with one attached hydrogen (secondary N) is 1. The van der Waals surface area contributed by atoms with E-state index < -0.39 is 0 Å². The number of aryl methyl sites for hydroxylation is 1. The normalized spacial score (nSPS) is 19.7. The lowest BCUT2D eigenvalue weighted by molar-refractivity contribution is -0.127. The van der Waals surface area contributed by atoms with Gasteiger partial charge in [-0.15, -0.1) is 0 Å². The molecule has 2 fully saturated rings. The van der Waals surface area contributed by atoms with E-state index in [9.17, 15) is 4.79 Å². The van der Waals surface area contributed by atoms with Gasteiger partial charge in [-0.2, -0.15) is 0 Å². The fraction of sp³-hybridized carbons (Fsp3) is 0.560. The molecule has 3 heterocycles. The average molecular weight is 410 g/mol. The number of piperidine rings is 2. The summed E-state index contributed by atoms with van der Waals surface area (Å²) in [6, 6.07) is 15.3. The third-order valence-corrected chi connectivity index (χ3v) is 6.77. The van der Waals surface area contributed by atoms with E-state index in [0.717, 1.165) is 31.7 Å². The summed E-state index contributed by atoms with van der Waals surface area (Å²) < 4.78 is 5.30. The maximum atomic E-state index is 12.4. The number of benzene rings is 1. The van der Waals surface area contributed by atoms with Crippen molar-refractivity contribution in [3.05, 3.63) is 60.1 Å². The molecule has 2 saturated heterocycles. The summed E-state index contributed by atoms with van der Waals surface area (Å²) in [4.78, 5) is 17.7. The zero-order valence-electron chi connectivity index (χ0n) is 18.0. The molecule has 0 bridgehead atoms. The lowest BCUT2D eigenvalue weighted by Crippen LogP contribution is -2.49. The fourth-order valence-corrected chi connectivity index (χ4v) is 4.92. The van der Waals surface area contributed by atoms with Gasteiger partial charge in [0.2, 0.25) is 5.91 Å². The number of hydrogen-bond donors (Lipinski definition) is 1. The molecule has 1 aromatic heterocycles. The van der Waals surface area contributed by atoms with Crippen molar-refractivity contribution in [1.29, 1.82) is 0 Å². The Labute approximate surface area is 180 Å². The predicted molar refractivity (Wildman–Crippen MR) is 119 cm³/mol. The summed E-state index contributed by atoms with van der Waals surface area (Å²) in [5.74, 6) is 1.14. The van der Waals surface area contributed by atoms with Crippen LogP contribution in [0.3, 0.4) is 0 Å². The maximum Gasteiger partial charge on any atom is 0.223 e. The second kappa shape index (κ2) is 10.8. The van der Waals surface area contributed by atoms with Gasteiger partial charge in [-0.05, 0) is 88.9 Å². The zero-order valence-corrected chi connectivity index (χ0v) is 18.0. The summed E-state index contributed by atoms with van der Waals surface area (Å²) >= 11 is 0. The van der Waals surface area contributed by atoms with Crippen LogP contribution in [0.5, 0.6) is 0 Å². The Morgan fingerprint density at radius 2 is 1.73 bits per heavy atom. The van der Waals surface area contributed by atoms with Crippen LogP contribution in [0.2, 0.25) is 0 Å². The minimum Gasteiger partial charge on any atom is -0.467 e. The molecule has 4 rings (SSSR count). The number of likely N-dealkylation sites (tertiary alicyclic amines) is 2. The van der Waals surface area contributed by atoms with Crippen molar-refractivity contribution in [1.82, 2.24) is 15.1 Å². The first-order valence-corrected chi connectivity index (χ1v) is 11.6. The first-order chi connectivity index (χ1) is 14.8. The van der Waals surface area contributed by atoms with Crippen molar-refractivity contribution in [3.63, 3.8) is 0 Å². The largest absolute Gasteiger partial charge is 0.467 e. The summed E-state index contributed by atoms with van der Waals surface area (Å²) in [6.45, 7) is 6.23. The van der Waals surface area contributed by atoms with Crippen molar-refractivity contribution < 1.29 is 9.21 Å². The highest BCUT2D eigenvalue weighted by Gasteiger charge is 2.30. The van der Waals surface area contributed by atoms with Crippen LogP contribution in [0, 0.1) is 5.92 Å². The molecular formula is C25H35N3O2. The summed E-state index contributed by atoms with van der Waals surface area (Å²) in [5, 5.41) is 3.03. The second-order valence-electron chi connectivity index (χ2n) is 8.77. The first kappa shape index (κ1) is 21.1. The van der Waals surface area contributed by atoms with Crippen LogP contribution in [-0.2, 0) is 17.8 Å². The number of hydrogen-bond acceptors (Lipinski definition) is 4. The van der Waals surface area contributed by atoms with Gasteiger partial charge in [-0.25, -0.2) is 0 Å². The highest BCUT2D eigenvalue weighted by atomic mass is 16.3. The number of nitrogens with zero attached hydrogens (tertiary/aromatic N) is 2. The molecule has 2 aliphatic rings. The SMILES string of the molecule is O=C(NCc1ccco1)C1CCN(C2CCN(CCCc3ccccc3)CC2)CC1. The van der Waals surface area contributed by atoms with E-state index in [1.54, 1.807) is 6.26 Å². The molecular weight excluding hydrogens is 374 g/mol. The van der Waals surface area contributed by atoms with E-state index in [4.69, 9.17) is 4.42 Å². The minimum absolute atomic E-state index is 0.147. The van der Waals surface area contributed by atoms with E-state index in [0.29, 0.717) is 12.6 Å². The zero-order chi connectivity index (χ0) is 20.6. The van der Waals surface area contributed by atoms with E-state index in [1.807, 2.05) is 12.1 Å². The molecule has 30 heavy (non-hydrogen) atoms. The van der Waals surface area contributed by atoms with E-state index in [1.165, 1.54) is 50.9 Å². The maximum absolute atomic E-state index is 12.4. The topological polar surface area (TPSA) is 48.7 Å². The van der Waals surface area contributed by atoms with Crippen LogP contribution in [0.4, 0.5) is 0 Å². The van der Waals surface area contributed by atoms with Crippen LogP contribution in [-0.4, -0.2) is 54.5 Å². The Morgan fingerprint density at radius 1 is 0.967 bits per heavy atom. The van der Waals surface area contributed by atoms with Gasteiger partial charge in [0.1, 0.15) is 5.76 Å². The fourth-order valence-electron chi connectivity index (χ4n) is 4.92. The molecule has 0 spiro atoms. The number of carbonyl (C=O) groups is 1. The van der Waals surface area contributed by atoms with E-state index >= 15 is 0 Å². The summed E-state index contributed by atoms with van der Waals surface area (Å²) in [7, 11) is 0. The molecule has 1 amide bonds. The van der Waals surface area contributed by atoms with Crippen molar-refractivity contribution in [2.24, 2.45) is 5.92 Å². The lowest BCUT2D eigenvalue weighted by atomic mass is 9.92. The van der Waals surface area contributed by atoms with Gasteiger partial charge >= 0.3 is 0 Å². The number of carbonyl (C=O) groups excluding carboxylic acids is 1. The molecule has 1 aromatic carbocycles. The van der Waals surface area contributed by atoms with Gasteiger partial charge in [0.05, 0.1) is 12.8 Å². The average Bonchev–Trinajstić information content (AvgIpc) is 3.33. The lowest BCUT2D eigenvalue weighted by Gasteiger charge is -2.41. The minimum atomic E-state index is 0.147. The van der Waals surface area contributed by atoms with Gasteiger partial charge < -0.3 is 19.5 Å². The number of rotatable bonds is 8. The smallest absolute Gasteiger partial charge is 0.223 e. The van der Waals surface area contributed by atoms with Gasteiger partial charge in [0.25, 0.3) is 0 Å². The Morgan fingerprint density at radius 3 is 2.43 bits per heavy atom. The molecule has 0 atom stereocenters. The molecule has 2 aliphatic heterocycles. The monoisotopic (exact) mass is 409 g/mol. The standard InChI is InChI=1S/C25H35N3O2/c29-25(26-20-24-9-5-19-30-24)22-10-17-28(18-11-22)23-12-15-27(16-13-23)14-4-8-21-6-2-1-3-7-21/h1-3,5-7,9,19,22-23H,4,8,10-18,20H2,(H,26,29). The summed E-state index contributed by atoms with van der Waals surface area (Å²) in [6.07, 6.45) is 8.54. The van der Waals surface area contributed by atoms with Crippen LogP contribution < -0.4 is 5.32 Å². The van der Waals surface area contributed by atoms with Crippen LogP contribution in [0.1, 0.15) is 43.4 Å². The van der Waals surface area contributed by atoms with Crippen molar-refractivity contribution in [2.75, 3.05) is 32.7 Å². The van der Waals surface area contributed by atoms with Crippen LogP contribution in [0.15, 0.2) is 53.1 Å². The Balaban J connectivity index is 1.11. The molecule has 0 unspecified atom stereocenters. The molecule has 0 radical (unpaired) electrons. The third kappa shape index (κ3) is 5.96. The highest BCUT2D eigenvalue weighted by molar-refractivity contribution is 5.78.